The Morgan fingerprint density at radius 1 is 1.04 bits per heavy atom. The van der Waals surface area contributed by atoms with Crippen LogP contribution in [0.3, 0.4) is 0 Å². The molecule has 25 heavy (non-hydrogen) atoms. The highest BCUT2D eigenvalue weighted by atomic mass is 32.1. The molecule has 0 fully saturated rings. The molecule has 4 aromatic rings. The molecular formula is C19H16N4S2. The molecule has 0 saturated carbocycles. The molecule has 1 unspecified atom stereocenters. The highest BCUT2D eigenvalue weighted by Crippen LogP contribution is 2.35. The zero-order valence-electron chi connectivity index (χ0n) is 13.6. The van der Waals surface area contributed by atoms with Gasteiger partial charge in [-0.05, 0) is 36.5 Å². The molecule has 6 heteroatoms. The lowest BCUT2D eigenvalue weighted by atomic mass is 10.2. The van der Waals surface area contributed by atoms with Gasteiger partial charge >= 0.3 is 0 Å². The van der Waals surface area contributed by atoms with Crippen molar-refractivity contribution in [1.82, 2.24) is 15.0 Å². The van der Waals surface area contributed by atoms with Gasteiger partial charge in [0.05, 0.1) is 26.1 Å². The third-order valence-corrected chi connectivity index (χ3v) is 6.07. The van der Waals surface area contributed by atoms with Gasteiger partial charge in [0.1, 0.15) is 10.0 Å². The number of thiazole rings is 2. The Morgan fingerprint density at radius 2 is 1.88 bits per heavy atom. The lowest BCUT2D eigenvalue weighted by Gasteiger charge is -1.98. The lowest BCUT2D eigenvalue weighted by Crippen LogP contribution is -1.86. The normalized spacial score (nSPS) is 13.5. The first-order valence-corrected chi connectivity index (χ1v) is 9.55. The van der Waals surface area contributed by atoms with Crippen LogP contribution in [0.2, 0.25) is 0 Å². The largest absolute Gasteiger partial charge is 0.405 e. The summed E-state index contributed by atoms with van der Waals surface area (Å²) in [6.07, 6.45) is 9.20. The smallest absolute Gasteiger partial charge is 0.143 e. The number of rotatable bonds is 4. The van der Waals surface area contributed by atoms with Crippen LogP contribution in [-0.2, 0) is 0 Å². The average molecular weight is 364 g/mol. The minimum atomic E-state index is 0.253. The topological polar surface area (TPSA) is 64.7 Å². The Hall–Kier alpha value is -2.57. The van der Waals surface area contributed by atoms with E-state index in [1.54, 1.807) is 28.9 Å². The number of aromatic nitrogens is 3. The van der Waals surface area contributed by atoms with E-state index in [1.165, 1.54) is 10.9 Å². The minimum Gasteiger partial charge on any atom is -0.405 e. The van der Waals surface area contributed by atoms with Crippen LogP contribution in [0.5, 0.6) is 0 Å². The Bertz CT molecular complexity index is 1030. The van der Waals surface area contributed by atoms with E-state index in [0.29, 0.717) is 0 Å². The number of hydrogen-bond donors (Lipinski definition) is 1. The van der Waals surface area contributed by atoms with Crippen molar-refractivity contribution in [2.24, 2.45) is 5.73 Å². The van der Waals surface area contributed by atoms with Crippen LogP contribution < -0.4 is 5.73 Å². The van der Waals surface area contributed by atoms with Gasteiger partial charge in [-0.2, -0.15) is 0 Å². The Morgan fingerprint density at radius 3 is 2.68 bits per heavy atom. The lowest BCUT2D eigenvalue weighted by molar-refractivity contribution is 0.952. The highest BCUT2D eigenvalue weighted by Gasteiger charge is 2.13. The van der Waals surface area contributed by atoms with E-state index in [1.807, 2.05) is 30.4 Å². The number of nitrogens with two attached hydrogens (primary N) is 1. The number of fused-ring (bicyclic) bond motifs is 2. The van der Waals surface area contributed by atoms with Gasteiger partial charge in [0.15, 0.2) is 0 Å². The Balaban J connectivity index is 1.72. The van der Waals surface area contributed by atoms with E-state index in [4.69, 9.17) is 15.7 Å². The van der Waals surface area contributed by atoms with E-state index in [-0.39, 0.29) is 5.92 Å². The van der Waals surface area contributed by atoms with Gasteiger partial charge in [0.2, 0.25) is 0 Å². The second-order valence-corrected chi connectivity index (χ2v) is 7.73. The molecular weight excluding hydrogens is 348 g/mol. The number of allylic oxidation sites excluding steroid dienone is 3. The maximum atomic E-state index is 5.36. The van der Waals surface area contributed by atoms with Gasteiger partial charge in [-0.15, -0.1) is 22.7 Å². The van der Waals surface area contributed by atoms with Gasteiger partial charge in [-0.1, -0.05) is 25.1 Å². The molecule has 0 aliphatic heterocycles. The standard InChI is InChI=1S/C19H16N4S2/c1-12(6-2-4-8-20)18-22-14-10-15-17(11-16(14)24-18)25-19(23-15)13-7-3-5-9-21-13/h2-12H,20H2,1H3/b6-2-,8-4-. The molecule has 0 spiro atoms. The van der Waals surface area contributed by atoms with Crippen molar-refractivity contribution in [3.8, 4) is 10.7 Å². The van der Waals surface area contributed by atoms with Crippen LogP contribution in [0.25, 0.3) is 31.1 Å². The fourth-order valence-electron chi connectivity index (χ4n) is 2.54. The van der Waals surface area contributed by atoms with Gasteiger partial charge < -0.3 is 5.73 Å². The van der Waals surface area contributed by atoms with Crippen LogP contribution in [0, 0.1) is 0 Å². The SMILES string of the molecule is CC(/C=C\C=C/N)c1nc2cc3nc(-c4ccccn4)sc3cc2s1. The summed E-state index contributed by atoms with van der Waals surface area (Å²) in [7, 11) is 0. The van der Waals surface area contributed by atoms with E-state index in [9.17, 15) is 0 Å². The van der Waals surface area contributed by atoms with E-state index in [2.05, 4.69) is 30.1 Å². The first-order valence-electron chi connectivity index (χ1n) is 7.92. The molecule has 2 N–H and O–H groups in total. The first-order chi connectivity index (χ1) is 12.2. The Kier molecular flexibility index (Phi) is 4.29. The first kappa shape index (κ1) is 15.9. The van der Waals surface area contributed by atoms with Crippen LogP contribution in [0.1, 0.15) is 17.8 Å². The third-order valence-electron chi connectivity index (χ3n) is 3.81. The van der Waals surface area contributed by atoms with E-state index in [0.717, 1.165) is 31.4 Å². The maximum absolute atomic E-state index is 5.36. The molecule has 0 aliphatic rings. The summed E-state index contributed by atoms with van der Waals surface area (Å²) in [6.45, 7) is 2.14. The maximum Gasteiger partial charge on any atom is 0.143 e. The zero-order chi connectivity index (χ0) is 17.2. The molecule has 1 aromatic carbocycles. The van der Waals surface area contributed by atoms with Crippen LogP contribution in [0.4, 0.5) is 0 Å². The van der Waals surface area contributed by atoms with Gasteiger partial charge in [0, 0.05) is 12.1 Å². The summed E-state index contributed by atoms with van der Waals surface area (Å²) in [4.78, 5) is 13.9. The van der Waals surface area contributed by atoms with Crippen molar-refractivity contribution in [3.05, 3.63) is 66.0 Å². The second kappa shape index (κ2) is 6.74. The Labute approximate surface area is 153 Å². The summed E-state index contributed by atoms with van der Waals surface area (Å²) in [5.41, 5.74) is 8.24. The van der Waals surface area contributed by atoms with Crippen LogP contribution in [-0.4, -0.2) is 15.0 Å². The van der Waals surface area contributed by atoms with Crippen molar-refractivity contribution in [2.75, 3.05) is 0 Å². The molecule has 0 bridgehead atoms. The van der Waals surface area contributed by atoms with Crippen LogP contribution in [0.15, 0.2) is 61.0 Å². The summed E-state index contributed by atoms with van der Waals surface area (Å²) < 4.78 is 2.35. The van der Waals surface area contributed by atoms with Crippen molar-refractivity contribution in [2.45, 2.75) is 12.8 Å². The van der Waals surface area contributed by atoms with Crippen molar-refractivity contribution in [1.29, 1.82) is 0 Å². The molecule has 0 radical (unpaired) electrons. The van der Waals surface area contributed by atoms with Gasteiger partial charge in [-0.3, -0.25) is 4.98 Å². The van der Waals surface area contributed by atoms with E-state index >= 15 is 0 Å². The molecule has 3 heterocycles. The fraction of sp³-hybridized carbons (Fsp3) is 0.105. The highest BCUT2D eigenvalue weighted by molar-refractivity contribution is 7.22. The van der Waals surface area contributed by atoms with Gasteiger partial charge in [0.25, 0.3) is 0 Å². The summed E-state index contributed by atoms with van der Waals surface area (Å²) in [5, 5.41) is 2.04. The second-order valence-electron chi connectivity index (χ2n) is 5.63. The van der Waals surface area contributed by atoms with Gasteiger partial charge in [-0.25, -0.2) is 9.97 Å². The molecule has 4 rings (SSSR count). The molecule has 3 aromatic heterocycles. The monoisotopic (exact) mass is 364 g/mol. The number of hydrogen-bond acceptors (Lipinski definition) is 6. The van der Waals surface area contributed by atoms with Crippen molar-refractivity contribution < 1.29 is 0 Å². The zero-order valence-corrected chi connectivity index (χ0v) is 15.2. The minimum absolute atomic E-state index is 0.253. The van der Waals surface area contributed by atoms with Crippen LogP contribution >= 0.6 is 22.7 Å². The van der Waals surface area contributed by atoms with Crippen molar-refractivity contribution >= 4 is 43.1 Å². The summed E-state index contributed by atoms with van der Waals surface area (Å²) in [6, 6.07) is 10.1. The van der Waals surface area contributed by atoms with Crippen molar-refractivity contribution in [3.63, 3.8) is 0 Å². The van der Waals surface area contributed by atoms with E-state index < -0.39 is 0 Å². The predicted molar refractivity (Wildman–Crippen MR) is 107 cm³/mol. The summed E-state index contributed by atoms with van der Waals surface area (Å²) >= 11 is 3.40. The number of pyridine rings is 1. The molecule has 0 saturated heterocycles. The number of nitrogens with zero attached hydrogens (tertiary/aromatic N) is 3. The summed E-state index contributed by atoms with van der Waals surface area (Å²) in [5.74, 6) is 0.253. The molecule has 1 atom stereocenters. The third kappa shape index (κ3) is 3.18. The molecule has 4 nitrogen and oxygen atoms in total. The predicted octanol–water partition coefficient (Wildman–Crippen LogP) is 5.10. The molecule has 0 aliphatic carbocycles. The quantitative estimate of drug-likeness (QED) is 0.512. The fourth-order valence-corrected chi connectivity index (χ4v) is 4.60. The average Bonchev–Trinajstić information content (AvgIpc) is 3.23. The molecule has 0 amide bonds. The molecule has 124 valence electrons. The number of benzene rings is 1.